The van der Waals surface area contributed by atoms with Crippen molar-refractivity contribution in [2.75, 3.05) is 6.54 Å². The summed E-state index contributed by atoms with van der Waals surface area (Å²) in [6.45, 7) is 2.48. The third-order valence-electron chi connectivity index (χ3n) is 3.67. The van der Waals surface area contributed by atoms with Crippen molar-refractivity contribution in [1.29, 1.82) is 0 Å². The van der Waals surface area contributed by atoms with Gasteiger partial charge in [-0.05, 0) is 49.8 Å². The van der Waals surface area contributed by atoms with E-state index in [2.05, 4.69) is 15.6 Å². The number of nitrogens with one attached hydrogen (secondary N) is 3. The van der Waals surface area contributed by atoms with Crippen LogP contribution in [-0.2, 0) is 6.42 Å². The molecule has 3 rings (SSSR count). The molecule has 3 N–H and O–H groups in total. The second kappa shape index (κ2) is 5.60. The quantitative estimate of drug-likeness (QED) is 0.802. The van der Waals surface area contributed by atoms with Crippen molar-refractivity contribution in [3.63, 3.8) is 0 Å². The van der Waals surface area contributed by atoms with Crippen molar-refractivity contribution < 1.29 is 4.79 Å². The lowest BCUT2D eigenvalue weighted by atomic mass is 10.1. The van der Waals surface area contributed by atoms with Crippen molar-refractivity contribution in [2.24, 2.45) is 0 Å². The molecule has 1 aliphatic rings. The first-order chi connectivity index (χ1) is 10.1. The molecule has 2 amide bonds. The van der Waals surface area contributed by atoms with Crippen molar-refractivity contribution >= 4 is 16.9 Å². The molecule has 0 atom stereocenters. The fourth-order valence-corrected chi connectivity index (χ4v) is 2.33. The van der Waals surface area contributed by atoms with E-state index in [0.29, 0.717) is 24.6 Å². The predicted octanol–water partition coefficient (Wildman–Crippen LogP) is 1.84. The van der Waals surface area contributed by atoms with Crippen molar-refractivity contribution in [3.8, 4) is 0 Å². The van der Waals surface area contributed by atoms with E-state index in [1.807, 2.05) is 31.2 Å². The van der Waals surface area contributed by atoms with Gasteiger partial charge in [0.05, 0.1) is 0 Å². The maximum atomic E-state index is 12.0. The molecule has 0 unspecified atom stereocenters. The van der Waals surface area contributed by atoms with Crippen LogP contribution < -0.4 is 16.2 Å². The van der Waals surface area contributed by atoms with Gasteiger partial charge >= 0.3 is 6.03 Å². The van der Waals surface area contributed by atoms with Crippen LogP contribution >= 0.6 is 0 Å². The number of pyridine rings is 1. The maximum Gasteiger partial charge on any atom is 0.315 e. The normalized spacial score (nSPS) is 14.1. The van der Waals surface area contributed by atoms with Gasteiger partial charge in [-0.25, -0.2) is 4.79 Å². The van der Waals surface area contributed by atoms with Gasteiger partial charge in [0.1, 0.15) is 0 Å². The Hall–Kier alpha value is -2.30. The van der Waals surface area contributed by atoms with E-state index in [0.717, 1.165) is 29.3 Å². The van der Waals surface area contributed by atoms with Crippen LogP contribution in [0, 0.1) is 6.92 Å². The number of H-pyrrole nitrogens is 1. The smallest absolute Gasteiger partial charge is 0.315 e. The molecule has 0 radical (unpaired) electrons. The topological polar surface area (TPSA) is 74.0 Å². The van der Waals surface area contributed by atoms with Gasteiger partial charge in [-0.3, -0.25) is 4.79 Å². The predicted molar refractivity (Wildman–Crippen MR) is 82.6 cm³/mol. The van der Waals surface area contributed by atoms with Gasteiger partial charge in [0.15, 0.2) is 0 Å². The van der Waals surface area contributed by atoms with E-state index >= 15 is 0 Å². The van der Waals surface area contributed by atoms with E-state index in [1.165, 1.54) is 0 Å². The second-order valence-corrected chi connectivity index (χ2v) is 5.64. The summed E-state index contributed by atoms with van der Waals surface area (Å²) in [6.07, 6.45) is 2.66. The highest BCUT2D eigenvalue weighted by atomic mass is 16.2. The van der Waals surface area contributed by atoms with Crippen LogP contribution in [0.4, 0.5) is 4.79 Å². The molecule has 1 aliphatic carbocycles. The molecule has 1 aromatic heterocycles. The Morgan fingerprint density at radius 2 is 2.14 bits per heavy atom. The summed E-state index contributed by atoms with van der Waals surface area (Å²) in [5, 5.41) is 6.66. The highest BCUT2D eigenvalue weighted by Gasteiger charge is 2.22. The molecular formula is C16H19N3O2. The number of hydrogen-bond acceptors (Lipinski definition) is 2. The number of fused-ring (bicyclic) bond motifs is 1. The van der Waals surface area contributed by atoms with Gasteiger partial charge in [0.25, 0.3) is 5.56 Å². The van der Waals surface area contributed by atoms with Crippen LogP contribution in [0.25, 0.3) is 10.9 Å². The molecule has 1 heterocycles. The summed E-state index contributed by atoms with van der Waals surface area (Å²) >= 11 is 0. The summed E-state index contributed by atoms with van der Waals surface area (Å²) in [5.74, 6) is 0. The van der Waals surface area contributed by atoms with Crippen LogP contribution in [-0.4, -0.2) is 23.6 Å². The Labute approximate surface area is 122 Å². The van der Waals surface area contributed by atoms with E-state index in [1.54, 1.807) is 0 Å². The van der Waals surface area contributed by atoms with E-state index in [4.69, 9.17) is 0 Å². The number of urea groups is 1. The molecule has 21 heavy (non-hydrogen) atoms. The first-order valence-corrected chi connectivity index (χ1v) is 7.29. The number of carbonyl (C=O) groups excluding carboxylic acids is 1. The van der Waals surface area contributed by atoms with Crippen LogP contribution in [0.1, 0.15) is 24.0 Å². The number of hydrogen-bond donors (Lipinski definition) is 3. The maximum absolute atomic E-state index is 12.0. The zero-order valence-electron chi connectivity index (χ0n) is 12.0. The molecule has 0 spiro atoms. The average molecular weight is 285 g/mol. The first kappa shape index (κ1) is 13.7. The minimum absolute atomic E-state index is 0.0873. The fraction of sp³-hybridized carbons (Fsp3) is 0.375. The number of carbonyl (C=O) groups is 1. The van der Waals surface area contributed by atoms with Crippen molar-refractivity contribution in [3.05, 3.63) is 45.7 Å². The van der Waals surface area contributed by atoms with Gasteiger partial charge in [-0.2, -0.15) is 0 Å². The summed E-state index contributed by atoms with van der Waals surface area (Å²) < 4.78 is 0. The molecule has 1 fully saturated rings. The summed E-state index contributed by atoms with van der Waals surface area (Å²) in [5.41, 5.74) is 2.60. The second-order valence-electron chi connectivity index (χ2n) is 5.64. The van der Waals surface area contributed by atoms with Gasteiger partial charge in [0.2, 0.25) is 0 Å². The molecule has 5 heteroatoms. The Morgan fingerprint density at radius 1 is 1.33 bits per heavy atom. The highest BCUT2D eigenvalue weighted by molar-refractivity contribution is 5.79. The minimum Gasteiger partial charge on any atom is -0.338 e. The molecule has 2 aromatic rings. The van der Waals surface area contributed by atoms with Crippen LogP contribution in [0.5, 0.6) is 0 Å². The fourth-order valence-electron chi connectivity index (χ4n) is 2.33. The van der Waals surface area contributed by atoms with E-state index < -0.39 is 0 Å². The standard InChI is InChI=1S/C16H19N3O2/c1-10-2-5-14-12(8-10)9-11(15(20)19-14)6-7-17-16(21)18-13-3-4-13/h2,5,8-9,13H,3-4,6-7H2,1H3,(H,19,20)(H2,17,18,21). The van der Waals surface area contributed by atoms with Crippen molar-refractivity contribution in [2.45, 2.75) is 32.2 Å². The van der Waals surface area contributed by atoms with Gasteiger partial charge in [-0.15, -0.1) is 0 Å². The highest BCUT2D eigenvalue weighted by Crippen LogP contribution is 2.18. The average Bonchev–Trinajstić information content (AvgIpc) is 3.23. The Kier molecular flexibility index (Phi) is 3.64. The number of amides is 2. The Morgan fingerprint density at radius 3 is 2.90 bits per heavy atom. The molecule has 1 saturated carbocycles. The monoisotopic (exact) mass is 285 g/mol. The number of aryl methyl sites for hydroxylation is 1. The molecular weight excluding hydrogens is 266 g/mol. The number of aromatic amines is 1. The van der Waals surface area contributed by atoms with Crippen LogP contribution in [0.3, 0.4) is 0 Å². The largest absolute Gasteiger partial charge is 0.338 e. The SMILES string of the molecule is Cc1ccc2[nH]c(=O)c(CCNC(=O)NC3CC3)cc2c1. The summed E-state index contributed by atoms with van der Waals surface area (Å²) in [7, 11) is 0. The summed E-state index contributed by atoms with van der Waals surface area (Å²) in [6, 6.07) is 8.03. The van der Waals surface area contributed by atoms with Crippen LogP contribution in [0.15, 0.2) is 29.1 Å². The lowest BCUT2D eigenvalue weighted by molar-refractivity contribution is 0.240. The van der Waals surface area contributed by atoms with Gasteiger partial charge in [-0.1, -0.05) is 11.6 Å². The van der Waals surface area contributed by atoms with Crippen molar-refractivity contribution in [1.82, 2.24) is 15.6 Å². The van der Waals surface area contributed by atoms with Gasteiger partial charge < -0.3 is 15.6 Å². The Balaban J connectivity index is 1.66. The number of rotatable bonds is 4. The van der Waals surface area contributed by atoms with E-state index in [9.17, 15) is 9.59 Å². The molecule has 110 valence electrons. The van der Waals surface area contributed by atoms with Gasteiger partial charge in [0, 0.05) is 23.7 Å². The number of benzene rings is 1. The first-order valence-electron chi connectivity index (χ1n) is 7.29. The third-order valence-corrected chi connectivity index (χ3v) is 3.67. The zero-order valence-corrected chi connectivity index (χ0v) is 12.0. The zero-order chi connectivity index (χ0) is 14.8. The number of aromatic nitrogens is 1. The molecule has 0 saturated heterocycles. The molecule has 1 aromatic carbocycles. The van der Waals surface area contributed by atoms with E-state index in [-0.39, 0.29) is 11.6 Å². The van der Waals surface area contributed by atoms with Crippen LogP contribution in [0.2, 0.25) is 0 Å². The molecule has 0 bridgehead atoms. The Bertz CT molecular complexity index is 732. The lowest BCUT2D eigenvalue weighted by Crippen LogP contribution is -2.38. The summed E-state index contributed by atoms with van der Waals surface area (Å²) in [4.78, 5) is 26.4. The molecule has 0 aliphatic heterocycles. The lowest BCUT2D eigenvalue weighted by Gasteiger charge is -2.07. The third kappa shape index (κ3) is 3.42. The minimum atomic E-state index is -0.148. The molecule has 5 nitrogen and oxygen atoms in total.